The van der Waals surface area contributed by atoms with E-state index in [0.29, 0.717) is 13.0 Å². The Morgan fingerprint density at radius 1 is 1.26 bits per heavy atom. The summed E-state index contributed by atoms with van der Waals surface area (Å²) in [6.45, 7) is 6.79. The summed E-state index contributed by atoms with van der Waals surface area (Å²) in [5.74, 6) is 0. The highest BCUT2D eigenvalue weighted by atomic mass is 16.5. The first-order valence-corrected chi connectivity index (χ1v) is 6.72. The molecule has 1 N–H and O–H groups in total. The van der Waals surface area contributed by atoms with Crippen molar-refractivity contribution in [2.45, 2.75) is 39.8 Å². The first-order chi connectivity index (χ1) is 9.09. The van der Waals surface area contributed by atoms with Gasteiger partial charge in [0.2, 0.25) is 0 Å². The normalized spacial score (nSPS) is 11.3. The fourth-order valence-electron chi connectivity index (χ4n) is 2.04. The molecule has 1 aromatic carbocycles. The number of rotatable bonds is 8. The first kappa shape index (κ1) is 15.7. The number of hydrogen-bond acceptors (Lipinski definition) is 3. The van der Waals surface area contributed by atoms with Gasteiger partial charge in [-0.15, -0.1) is 0 Å². The topological polar surface area (TPSA) is 45.0 Å². The second kappa shape index (κ2) is 7.93. The fourth-order valence-corrected chi connectivity index (χ4v) is 2.04. The number of methoxy groups -OCH3 is 1. The maximum atomic E-state index is 8.64. The number of benzene rings is 1. The maximum absolute atomic E-state index is 8.64. The number of hydrogen-bond donors (Lipinski definition) is 1. The third kappa shape index (κ3) is 5.87. The summed E-state index contributed by atoms with van der Waals surface area (Å²) in [6, 6.07) is 10.5. The molecule has 0 saturated heterocycles. The standard InChI is InChI=1S/C16H24N2O/c1-16(2,9-6-10-17)13-18-11-14-7-4-5-8-15(14)12-19-3/h4-5,7-8,18H,6,9,11-13H2,1-3H3. The largest absolute Gasteiger partial charge is 0.380 e. The van der Waals surface area contributed by atoms with E-state index < -0.39 is 0 Å². The lowest BCUT2D eigenvalue weighted by molar-refractivity contribution is 0.184. The Labute approximate surface area is 116 Å². The van der Waals surface area contributed by atoms with Crippen LogP contribution >= 0.6 is 0 Å². The molecule has 3 nitrogen and oxygen atoms in total. The molecule has 104 valence electrons. The van der Waals surface area contributed by atoms with E-state index in [1.165, 1.54) is 11.1 Å². The van der Waals surface area contributed by atoms with Crippen molar-refractivity contribution in [2.75, 3.05) is 13.7 Å². The zero-order valence-corrected chi connectivity index (χ0v) is 12.2. The minimum Gasteiger partial charge on any atom is -0.380 e. The van der Waals surface area contributed by atoms with Crippen molar-refractivity contribution >= 4 is 0 Å². The van der Waals surface area contributed by atoms with Gasteiger partial charge in [0.15, 0.2) is 0 Å². The maximum Gasteiger partial charge on any atom is 0.0716 e. The molecule has 19 heavy (non-hydrogen) atoms. The molecule has 0 amide bonds. The van der Waals surface area contributed by atoms with Gasteiger partial charge in [-0.2, -0.15) is 5.26 Å². The second-order valence-electron chi connectivity index (χ2n) is 5.63. The van der Waals surface area contributed by atoms with Gasteiger partial charge in [0, 0.05) is 26.6 Å². The Hall–Kier alpha value is -1.37. The van der Waals surface area contributed by atoms with Crippen LogP contribution in [0.4, 0.5) is 0 Å². The molecule has 0 atom stereocenters. The number of nitrogens with zero attached hydrogens (tertiary/aromatic N) is 1. The Morgan fingerprint density at radius 2 is 1.95 bits per heavy atom. The minimum atomic E-state index is 0.159. The van der Waals surface area contributed by atoms with Crippen LogP contribution in [0.25, 0.3) is 0 Å². The van der Waals surface area contributed by atoms with Crippen molar-refractivity contribution in [1.82, 2.24) is 5.32 Å². The van der Waals surface area contributed by atoms with Crippen molar-refractivity contribution in [3.05, 3.63) is 35.4 Å². The highest BCUT2D eigenvalue weighted by Crippen LogP contribution is 2.21. The second-order valence-corrected chi connectivity index (χ2v) is 5.63. The van der Waals surface area contributed by atoms with E-state index in [0.717, 1.165) is 19.5 Å². The lowest BCUT2D eigenvalue weighted by Gasteiger charge is -2.24. The molecule has 0 aliphatic rings. The quantitative estimate of drug-likeness (QED) is 0.780. The molecule has 0 bridgehead atoms. The SMILES string of the molecule is COCc1ccccc1CNCC(C)(C)CCC#N. The summed E-state index contributed by atoms with van der Waals surface area (Å²) in [6.07, 6.45) is 1.55. The molecule has 0 unspecified atom stereocenters. The van der Waals surface area contributed by atoms with Gasteiger partial charge in [-0.1, -0.05) is 38.1 Å². The van der Waals surface area contributed by atoms with E-state index in [9.17, 15) is 0 Å². The van der Waals surface area contributed by atoms with Crippen molar-refractivity contribution in [2.24, 2.45) is 5.41 Å². The molecule has 1 aromatic rings. The molecule has 0 spiro atoms. The Balaban J connectivity index is 2.47. The third-order valence-corrected chi connectivity index (χ3v) is 3.25. The highest BCUT2D eigenvalue weighted by molar-refractivity contribution is 5.26. The van der Waals surface area contributed by atoms with E-state index >= 15 is 0 Å². The monoisotopic (exact) mass is 260 g/mol. The van der Waals surface area contributed by atoms with Crippen LogP contribution in [0.3, 0.4) is 0 Å². The molecule has 0 aliphatic carbocycles. The third-order valence-electron chi connectivity index (χ3n) is 3.25. The highest BCUT2D eigenvalue weighted by Gasteiger charge is 2.16. The molecule has 0 saturated carbocycles. The molecular weight excluding hydrogens is 236 g/mol. The van der Waals surface area contributed by atoms with Crippen molar-refractivity contribution < 1.29 is 4.74 Å². The Kier molecular flexibility index (Phi) is 6.55. The predicted molar refractivity (Wildman–Crippen MR) is 77.5 cm³/mol. The van der Waals surface area contributed by atoms with Crippen LogP contribution in [0, 0.1) is 16.7 Å². The smallest absolute Gasteiger partial charge is 0.0716 e. The van der Waals surface area contributed by atoms with Crippen molar-refractivity contribution in [1.29, 1.82) is 5.26 Å². The minimum absolute atomic E-state index is 0.159. The van der Waals surface area contributed by atoms with Gasteiger partial charge >= 0.3 is 0 Å². The van der Waals surface area contributed by atoms with Crippen LogP contribution in [0.5, 0.6) is 0 Å². The van der Waals surface area contributed by atoms with E-state index in [4.69, 9.17) is 10.00 Å². The lowest BCUT2D eigenvalue weighted by atomic mass is 9.88. The van der Waals surface area contributed by atoms with Gasteiger partial charge < -0.3 is 10.1 Å². The lowest BCUT2D eigenvalue weighted by Crippen LogP contribution is -2.29. The molecule has 0 aromatic heterocycles. The van der Waals surface area contributed by atoms with Gasteiger partial charge in [-0.3, -0.25) is 0 Å². The van der Waals surface area contributed by atoms with Gasteiger partial charge in [0.25, 0.3) is 0 Å². The van der Waals surface area contributed by atoms with Gasteiger partial charge in [0.05, 0.1) is 12.7 Å². The zero-order chi connectivity index (χ0) is 14.1. The molecule has 3 heteroatoms. The summed E-state index contributed by atoms with van der Waals surface area (Å²) in [7, 11) is 1.72. The van der Waals surface area contributed by atoms with Crippen LogP contribution in [-0.4, -0.2) is 13.7 Å². The average Bonchev–Trinajstić information content (AvgIpc) is 2.39. The van der Waals surface area contributed by atoms with Gasteiger partial charge in [-0.05, 0) is 23.0 Å². The van der Waals surface area contributed by atoms with E-state index in [1.54, 1.807) is 7.11 Å². The van der Waals surface area contributed by atoms with Crippen molar-refractivity contribution in [3.63, 3.8) is 0 Å². The Morgan fingerprint density at radius 3 is 2.58 bits per heavy atom. The zero-order valence-electron chi connectivity index (χ0n) is 12.2. The molecule has 0 aliphatic heterocycles. The van der Waals surface area contributed by atoms with Gasteiger partial charge in [0.1, 0.15) is 0 Å². The van der Waals surface area contributed by atoms with Crippen LogP contribution in [0.15, 0.2) is 24.3 Å². The Bertz CT molecular complexity index is 421. The van der Waals surface area contributed by atoms with E-state index in [-0.39, 0.29) is 5.41 Å². The summed E-state index contributed by atoms with van der Waals surface area (Å²) < 4.78 is 5.21. The van der Waals surface area contributed by atoms with Gasteiger partial charge in [-0.25, -0.2) is 0 Å². The number of nitriles is 1. The number of ether oxygens (including phenoxy) is 1. The summed E-state index contributed by atoms with van der Waals surface area (Å²) in [4.78, 5) is 0. The predicted octanol–water partition coefficient (Wildman–Crippen LogP) is 3.25. The summed E-state index contributed by atoms with van der Waals surface area (Å²) >= 11 is 0. The molecule has 0 radical (unpaired) electrons. The van der Waals surface area contributed by atoms with Crippen molar-refractivity contribution in [3.8, 4) is 6.07 Å². The van der Waals surface area contributed by atoms with Crippen LogP contribution in [-0.2, 0) is 17.9 Å². The fraction of sp³-hybridized carbons (Fsp3) is 0.562. The molecule has 0 fully saturated rings. The van der Waals surface area contributed by atoms with Crippen LogP contribution in [0.1, 0.15) is 37.8 Å². The first-order valence-electron chi connectivity index (χ1n) is 6.72. The molecular formula is C16H24N2O. The number of nitrogens with one attached hydrogen (secondary N) is 1. The van der Waals surface area contributed by atoms with Crippen LogP contribution < -0.4 is 5.32 Å². The van der Waals surface area contributed by atoms with E-state index in [2.05, 4.69) is 43.4 Å². The summed E-state index contributed by atoms with van der Waals surface area (Å²) in [5.41, 5.74) is 2.67. The average molecular weight is 260 g/mol. The molecule has 0 heterocycles. The van der Waals surface area contributed by atoms with Crippen LogP contribution in [0.2, 0.25) is 0 Å². The molecule has 1 rings (SSSR count). The van der Waals surface area contributed by atoms with E-state index in [1.807, 2.05) is 6.07 Å². The summed E-state index contributed by atoms with van der Waals surface area (Å²) in [5, 5.41) is 12.1.